The summed E-state index contributed by atoms with van der Waals surface area (Å²) in [6, 6.07) is 9.82. The maximum absolute atomic E-state index is 12.6. The van der Waals surface area contributed by atoms with Crippen LogP contribution in [0.4, 0.5) is 5.69 Å². The van der Waals surface area contributed by atoms with Gasteiger partial charge in [0, 0.05) is 25.0 Å². The Morgan fingerprint density at radius 1 is 1.29 bits per heavy atom. The van der Waals surface area contributed by atoms with E-state index in [1.54, 1.807) is 18.3 Å². The van der Waals surface area contributed by atoms with Gasteiger partial charge >= 0.3 is 0 Å². The summed E-state index contributed by atoms with van der Waals surface area (Å²) in [4.78, 5) is 4.21. The van der Waals surface area contributed by atoms with Gasteiger partial charge in [0.2, 0.25) is 10.0 Å². The Morgan fingerprint density at radius 3 is 2.67 bits per heavy atom. The lowest BCUT2D eigenvalue weighted by molar-refractivity contribution is 0.397. The summed E-state index contributed by atoms with van der Waals surface area (Å²) in [6.45, 7) is 0.177. The average molecular weight is 307 g/mol. The van der Waals surface area contributed by atoms with Gasteiger partial charge < -0.3 is 10.5 Å². The zero-order valence-electron chi connectivity index (χ0n) is 11.9. The Morgan fingerprint density at radius 2 is 2.05 bits per heavy atom. The molecule has 0 unspecified atom stereocenters. The van der Waals surface area contributed by atoms with Crippen LogP contribution in [0.25, 0.3) is 0 Å². The monoisotopic (exact) mass is 307 g/mol. The number of pyridine rings is 1. The zero-order valence-corrected chi connectivity index (χ0v) is 12.7. The lowest BCUT2D eigenvalue weighted by atomic mass is 10.3. The molecule has 7 heteroatoms. The first-order valence-electron chi connectivity index (χ1n) is 6.25. The third-order valence-electron chi connectivity index (χ3n) is 2.99. The van der Waals surface area contributed by atoms with E-state index in [2.05, 4.69) is 4.98 Å². The molecule has 1 heterocycles. The number of nitrogens with zero attached hydrogens (tertiary/aromatic N) is 2. The predicted molar refractivity (Wildman–Crippen MR) is 80.3 cm³/mol. The van der Waals surface area contributed by atoms with Crippen LogP contribution in [0, 0.1) is 0 Å². The van der Waals surface area contributed by atoms with Gasteiger partial charge in [-0.1, -0.05) is 6.07 Å². The Kier molecular flexibility index (Phi) is 4.44. The minimum Gasteiger partial charge on any atom is -0.495 e. The SMILES string of the molecule is COc1cc(N)ccc1S(=O)(=O)N(C)Cc1ccccn1. The predicted octanol–water partition coefficient (Wildman–Crippen LogP) is 1.49. The molecule has 1 aromatic heterocycles. The average Bonchev–Trinajstić information content (AvgIpc) is 2.47. The molecule has 6 nitrogen and oxygen atoms in total. The fourth-order valence-electron chi connectivity index (χ4n) is 1.87. The molecule has 0 aliphatic rings. The van der Waals surface area contributed by atoms with E-state index in [9.17, 15) is 8.42 Å². The smallest absolute Gasteiger partial charge is 0.246 e. The van der Waals surface area contributed by atoms with E-state index < -0.39 is 10.0 Å². The minimum absolute atomic E-state index is 0.0811. The summed E-state index contributed by atoms with van der Waals surface area (Å²) in [7, 11) is -0.775. The molecule has 0 aliphatic heterocycles. The third-order valence-corrected chi connectivity index (χ3v) is 4.83. The Bertz CT molecular complexity index is 717. The van der Waals surface area contributed by atoms with Crippen LogP contribution in [0.2, 0.25) is 0 Å². The highest BCUT2D eigenvalue weighted by Crippen LogP contribution is 2.28. The summed E-state index contributed by atoms with van der Waals surface area (Å²) in [5.74, 6) is 0.225. The van der Waals surface area contributed by atoms with Crippen molar-refractivity contribution in [1.29, 1.82) is 0 Å². The van der Waals surface area contributed by atoms with Gasteiger partial charge in [0.15, 0.2) is 0 Å². The lowest BCUT2D eigenvalue weighted by Gasteiger charge is -2.18. The van der Waals surface area contributed by atoms with E-state index in [1.165, 1.54) is 36.7 Å². The van der Waals surface area contributed by atoms with E-state index >= 15 is 0 Å². The topological polar surface area (TPSA) is 85.5 Å². The van der Waals surface area contributed by atoms with Crippen molar-refractivity contribution >= 4 is 15.7 Å². The van der Waals surface area contributed by atoms with Gasteiger partial charge in [0.25, 0.3) is 0 Å². The Labute approximate surface area is 124 Å². The van der Waals surface area contributed by atoms with Gasteiger partial charge in [-0.2, -0.15) is 4.31 Å². The van der Waals surface area contributed by atoms with Gasteiger partial charge in [0.1, 0.15) is 10.6 Å². The van der Waals surface area contributed by atoms with E-state index in [0.29, 0.717) is 11.4 Å². The number of sulfonamides is 1. The molecule has 0 bridgehead atoms. The molecule has 0 saturated carbocycles. The van der Waals surface area contributed by atoms with Crippen molar-refractivity contribution in [2.24, 2.45) is 0 Å². The number of ether oxygens (including phenoxy) is 1. The molecule has 112 valence electrons. The molecule has 2 aromatic rings. The second kappa shape index (κ2) is 6.11. The third kappa shape index (κ3) is 3.32. The molecule has 2 rings (SSSR count). The van der Waals surface area contributed by atoms with Crippen molar-refractivity contribution in [1.82, 2.24) is 9.29 Å². The van der Waals surface area contributed by atoms with Crippen molar-refractivity contribution in [3.05, 3.63) is 48.3 Å². The molecule has 0 aliphatic carbocycles. The van der Waals surface area contributed by atoms with Gasteiger partial charge in [-0.05, 0) is 24.3 Å². The van der Waals surface area contributed by atoms with Crippen molar-refractivity contribution in [2.75, 3.05) is 19.9 Å². The standard InChI is InChI=1S/C14H17N3O3S/c1-17(10-12-5-3-4-8-16-12)21(18,19)14-7-6-11(15)9-13(14)20-2/h3-9H,10,15H2,1-2H3. The second-order valence-corrected chi connectivity index (χ2v) is 6.51. The van der Waals surface area contributed by atoms with Crippen LogP contribution in [0.3, 0.4) is 0 Å². The van der Waals surface area contributed by atoms with Crippen LogP contribution in [-0.4, -0.2) is 31.9 Å². The molecule has 0 saturated heterocycles. The number of nitrogen functional groups attached to an aromatic ring is 1. The number of methoxy groups -OCH3 is 1. The van der Waals surface area contributed by atoms with Gasteiger partial charge in [0.05, 0.1) is 19.3 Å². The molecule has 0 radical (unpaired) electrons. The summed E-state index contributed by atoms with van der Waals surface area (Å²) in [5, 5.41) is 0. The molecule has 0 spiro atoms. The number of hydrogen-bond acceptors (Lipinski definition) is 5. The Balaban J connectivity index is 2.33. The lowest BCUT2D eigenvalue weighted by Crippen LogP contribution is -2.27. The second-order valence-electron chi connectivity index (χ2n) is 4.49. The minimum atomic E-state index is -3.68. The molecule has 0 fully saturated rings. The molecular formula is C14H17N3O3S. The van der Waals surface area contributed by atoms with E-state index in [1.807, 2.05) is 6.07 Å². The normalized spacial score (nSPS) is 11.6. The van der Waals surface area contributed by atoms with Crippen molar-refractivity contribution in [2.45, 2.75) is 11.4 Å². The summed E-state index contributed by atoms with van der Waals surface area (Å²) in [6.07, 6.45) is 1.62. The molecular weight excluding hydrogens is 290 g/mol. The number of rotatable bonds is 5. The number of hydrogen-bond donors (Lipinski definition) is 1. The maximum Gasteiger partial charge on any atom is 0.246 e. The van der Waals surface area contributed by atoms with Crippen LogP contribution in [0.5, 0.6) is 5.75 Å². The molecule has 0 amide bonds. The number of nitrogens with two attached hydrogens (primary N) is 1. The highest BCUT2D eigenvalue weighted by atomic mass is 32.2. The van der Waals surface area contributed by atoms with E-state index in [0.717, 1.165) is 0 Å². The van der Waals surface area contributed by atoms with E-state index in [-0.39, 0.29) is 17.2 Å². The van der Waals surface area contributed by atoms with E-state index in [4.69, 9.17) is 10.5 Å². The number of aromatic nitrogens is 1. The summed E-state index contributed by atoms with van der Waals surface area (Å²) < 4.78 is 31.5. The molecule has 1 aromatic carbocycles. The quantitative estimate of drug-likeness (QED) is 0.846. The van der Waals surface area contributed by atoms with Crippen LogP contribution in [0.15, 0.2) is 47.5 Å². The highest BCUT2D eigenvalue weighted by Gasteiger charge is 2.25. The van der Waals surface area contributed by atoms with Crippen LogP contribution >= 0.6 is 0 Å². The fourth-order valence-corrected chi connectivity index (χ4v) is 3.14. The first kappa shape index (κ1) is 15.3. The first-order chi connectivity index (χ1) is 9.95. The zero-order chi connectivity index (χ0) is 15.5. The maximum atomic E-state index is 12.6. The largest absolute Gasteiger partial charge is 0.495 e. The number of benzene rings is 1. The van der Waals surface area contributed by atoms with Crippen molar-refractivity contribution < 1.29 is 13.2 Å². The van der Waals surface area contributed by atoms with Gasteiger partial charge in [-0.15, -0.1) is 0 Å². The molecule has 0 atom stereocenters. The van der Waals surface area contributed by atoms with Crippen molar-refractivity contribution in [3.63, 3.8) is 0 Å². The van der Waals surface area contributed by atoms with Gasteiger partial charge in [-0.25, -0.2) is 8.42 Å². The molecule has 21 heavy (non-hydrogen) atoms. The number of anilines is 1. The van der Waals surface area contributed by atoms with Gasteiger partial charge in [-0.3, -0.25) is 4.98 Å². The van der Waals surface area contributed by atoms with Crippen LogP contribution in [-0.2, 0) is 16.6 Å². The summed E-state index contributed by atoms with van der Waals surface area (Å²) >= 11 is 0. The van der Waals surface area contributed by atoms with Crippen LogP contribution in [0.1, 0.15) is 5.69 Å². The summed E-state index contributed by atoms with van der Waals surface area (Å²) in [5.41, 5.74) is 6.76. The fraction of sp³-hybridized carbons (Fsp3) is 0.214. The van der Waals surface area contributed by atoms with Crippen molar-refractivity contribution in [3.8, 4) is 5.75 Å². The first-order valence-corrected chi connectivity index (χ1v) is 7.69. The Hall–Kier alpha value is -2.12. The molecule has 2 N–H and O–H groups in total. The highest BCUT2D eigenvalue weighted by molar-refractivity contribution is 7.89. The van der Waals surface area contributed by atoms with Crippen LogP contribution < -0.4 is 10.5 Å².